The maximum Gasteiger partial charge on any atom is 0.310 e. The zero-order valence-electron chi connectivity index (χ0n) is 10.4. The molecule has 1 unspecified atom stereocenters. The van der Waals surface area contributed by atoms with Gasteiger partial charge in [0.15, 0.2) is 0 Å². The maximum atomic E-state index is 11.3. The molecule has 0 radical (unpaired) electrons. The molecule has 0 saturated carbocycles. The molecule has 0 aliphatic carbocycles. The quantitative estimate of drug-likeness (QED) is 0.870. The maximum absolute atomic E-state index is 11.3. The van der Waals surface area contributed by atoms with E-state index in [9.17, 15) is 9.90 Å². The first-order valence-electron chi connectivity index (χ1n) is 6.15. The van der Waals surface area contributed by atoms with Gasteiger partial charge in [0.2, 0.25) is 0 Å². The van der Waals surface area contributed by atoms with Gasteiger partial charge in [0, 0.05) is 13.1 Å². The number of benzene rings is 1. The minimum atomic E-state index is -0.714. The number of likely N-dealkylation sites (N-methyl/N-ethyl adjacent to an activating group) is 1. The molecular weight excluding hydrogens is 214 g/mol. The van der Waals surface area contributed by atoms with E-state index in [1.807, 2.05) is 19.1 Å². The SMILES string of the molecule is CCC(C(=O)O)c1cccc2c1CN(C)CC2. The average Bonchev–Trinajstić information content (AvgIpc) is 2.30. The van der Waals surface area contributed by atoms with Crippen LogP contribution in [0.4, 0.5) is 0 Å². The van der Waals surface area contributed by atoms with Gasteiger partial charge in [-0.3, -0.25) is 4.79 Å². The Bertz CT molecular complexity index is 428. The number of hydrogen-bond donors (Lipinski definition) is 1. The van der Waals surface area contributed by atoms with E-state index in [0.717, 1.165) is 25.1 Å². The van der Waals surface area contributed by atoms with E-state index in [-0.39, 0.29) is 5.92 Å². The molecule has 1 N–H and O–H groups in total. The van der Waals surface area contributed by atoms with Crippen molar-refractivity contribution >= 4 is 5.97 Å². The van der Waals surface area contributed by atoms with Crippen LogP contribution in [0.1, 0.15) is 36.0 Å². The molecule has 1 heterocycles. The van der Waals surface area contributed by atoms with Crippen molar-refractivity contribution in [2.24, 2.45) is 0 Å². The summed E-state index contributed by atoms with van der Waals surface area (Å²) >= 11 is 0. The van der Waals surface area contributed by atoms with Crippen molar-refractivity contribution in [3.8, 4) is 0 Å². The molecule has 3 nitrogen and oxygen atoms in total. The smallest absolute Gasteiger partial charge is 0.310 e. The molecule has 1 aliphatic heterocycles. The third-order valence-electron chi connectivity index (χ3n) is 3.58. The topological polar surface area (TPSA) is 40.5 Å². The summed E-state index contributed by atoms with van der Waals surface area (Å²) < 4.78 is 0. The number of carboxylic acids is 1. The molecule has 0 amide bonds. The van der Waals surface area contributed by atoms with Gasteiger partial charge in [-0.2, -0.15) is 0 Å². The first kappa shape index (κ1) is 12.1. The lowest BCUT2D eigenvalue weighted by Gasteiger charge is -2.28. The molecule has 1 aromatic rings. The van der Waals surface area contributed by atoms with Gasteiger partial charge in [-0.05, 0) is 36.6 Å². The molecule has 0 spiro atoms. The van der Waals surface area contributed by atoms with Gasteiger partial charge in [-0.1, -0.05) is 25.1 Å². The lowest BCUT2D eigenvalue weighted by Crippen LogP contribution is -2.28. The number of aliphatic carboxylic acids is 1. The Morgan fingerprint density at radius 1 is 1.53 bits per heavy atom. The second-order valence-corrected chi connectivity index (χ2v) is 4.77. The highest BCUT2D eigenvalue weighted by atomic mass is 16.4. The van der Waals surface area contributed by atoms with Crippen LogP contribution in [0.25, 0.3) is 0 Å². The third kappa shape index (κ3) is 2.34. The predicted octanol–water partition coefficient (Wildman–Crippen LogP) is 2.25. The summed E-state index contributed by atoms with van der Waals surface area (Å²) in [7, 11) is 2.08. The van der Waals surface area contributed by atoms with Crippen molar-refractivity contribution in [2.45, 2.75) is 32.2 Å². The summed E-state index contributed by atoms with van der Waals surface area (Å²) in [5.74, 6) is -1.08. The van der Waals surface area contributed by atoms with Crippen molar-refractivity contribution in [2.75, 3.05) is 13.6 Å². The Morgan fingerprint density at radius 3 is 2.94 bits per heavy atom. The van der Waals surface area contributed by atoms with Crippen LogP contribution in [-0.4, -0.2) is 29.6 Å². The summed E-state index contributed by atoms with van der Waals surface area (Å²) in [5, 5.41) is 9.28. The Balaban J connectivity index is 2.44. The minimum Gasteiger partial charge on any atom is -0.481 e. The highest BCUT2D eigenvalue weighted by molar-refractivity contribution is 5.76. The van der Waals surface area contributed by atoms with Crippen LogP contribution >= 0.6 is 0 Å². The number of fused-ring (bicyclic) bond motifs is 1. The lowest BCUT2D eigenvalue weighted by molar-refractivity contribution is -0.138. The van der Waals surface area contributed by atoms with Crippen molar-refractivity contribution < 1.29 is 9.90 Å². The van der Waals surface area contributed by atoms with Crippen molar-refractivity contribution in [1.29, 1.82) is 0 Å². The Kier molecular flexibility index (Phi) is 3.48. The van der Waals surface area contributed by atoms with Crippen LogP contribution < -0.4 is 0 Å². The van der Waals surface area contributed by atoms with E-state index in [0.29, 0.717) is 6.42 Å². The van der Waals surface area contributed by atoms with Crippen LogP contribution in [0.15, 0.2) is 18.2 Å². The molecule has 0 saturated heterocycles. The fraction of sp³-hybridized carbons (Fsp3) is 0.500. The number of rotatable bonds is 3. The van der Waals surface area contributed by atoms with Crippen LogP contribution in [0.3, 0.4) is 0 Å². The van der Waals surface area contributed by atoms with Crippen LogP contribution in [0, 0.1) is 0 Å². The van der Waals surface area contributed by atoms with Crippen LogP contribution in [-0.2, 0) is 17.8 Å². The molecular formula is C14H19NO2. The number of carbonyl (C=O) groups is 1. The number of hydrogen-bond acceptors (Lipinski definition) is 2. The highest BCUT2D eigenvalue weighted by Gasteiger charge is 2.24. The van der Waals surface area contributed by atoms with Crippen molar-refractivity contribution in [1.82, 2.24) is 4.90 Å². The first-order chi connectivity index (χ1) is 8.13. The van der Waals surface area contributed by atoms with E-state index in [1.54, 1.807) is 0 Å². The standard InChI is InChI=1S/C14H19NO2/c1-3-11(14(16)17)12-6-4-5-10-7-8-15(2)9-13(10)12/h4-6,11H,3,7-9H2,1-2H3,(H,16,17). The second-order valence-electron chi connectivity index (χ2n) is 4.77. The zero-order valence-corrected chi connectivity index (χ0v) is 10.4. The average molecular weight is 233 g/mol. The molecule has 0 aromatic heterocycles. The molecule has 1 aliphatic rings. The van der Waals surface area contributed by atoms with E-state index >= 15 is 0 Å². The molecule has 2 rings (SSSR count). The third-order valence-corrected chi connectivity index (χ3v) is 3.58. The Morgan fingerprint density at radius 2 is 2.29 bits per heavy atom. The Labute approximate surface area is 102 Å². The summed E-state index contributed by atoms with van der Waals surface area (Å²) in [6, 6.07) is 6.09. The second kappa shape index (κ2) is 4.88. The van der Waals surface area contributed by atoms with Gasteiger partial charge in [0.05, 0.1) is 5.92 Å². The summed E-state index contributed by atoms with van der Waals surface area (Å²) in [6.07, 6.45) is 1.67. The van der Waals surface area contributed by atoms with Gasteiger partial charge in [-0.15, -0.1) is 0 Å². The van der Waals surface area contributed by atoms with Crippen molar-refractivity contribution in [3.63, 3.8) is 0 Å². The molecule has 0 bridgehead atoms. The fourth-order valence-corrected chi connectivity index (χ4v) is 2.60. The molecule has 1 atom stereocenters. The van der Waals surface area contributed by atoms with Crippen molar-refractivity contribution in [3.05, 3.63) is 34.9 Å². The van der Waals surface area contributed by atoms with E-state index in [2.05, 4.69) is 18.0 Å². The number of carboxylic acid groups (broad SMARTS) is 1. The molecule has 1 aromatic carbocycles. The molecule has 17 heavy (non-hydrogen) atoms. The minimum absolute atomic E-state index is 0.364. The van der Waals surface area contributed by atoms with Gasteiger partial charge < -0.3 is 10.0 Å². The normalized spacial score (nSPS) is 17.5. The highest BCUT2D eigenvalue weighted by Crippen LogP contribution is 2.29. The summed E-state index contributed by atoms with van der Waals surface area (Å²) in [4.78, 5) is 13.5. The lowest BCUT2D eigenvalue weighted by atomic mass is 9.87. The fourth-order valence-electron chi connectivity index (χ4n) is 2.60. The van der Waals surface area contributed by atoms with Gasteiger partial charge >= 0.3 is 5.97 Å². The summed E-state index contributed by atoms with van der Waals surface area (Å²) in [6.45, 7) is 3.86. The van der Waals surface area contributed by atoms with Crippen LogP contribution in [0.2, 0.25) is 0 Å². The van der Waals surface area contributed by atoms with Gasteiger partial charge in [0.25, 0.3) is 0 Å². The first-order valence-corrected chi connectivity index (χ1v) is 6.15. The molecule has 0 fully saturated rings. The van der Waals surface area contributed by atoms with E-state index in [4.69, 9.17) is 0 Å². The van der Waals surface area contributed by atoms with Gasteiger partial charge in [0.1, 0.15) is 0 Å². The Hall–Kier alpha value is -1.35. The van der Waals surface area contributed by atoms with E-state index in [1.165, 1.54) is 11.1 Å². The largest absolute Gasteiger partial charge is 0.481 e. The van der Waals surface area contributed by atoms with Gasteiger partial charge in [-0.25, -0.2) is 0 Å². The number of nitrogens with zero attached hydrogens (tertiary/aromatic N) is 1. The summed E-state index contributed by atoms with van der Waals surface area (Å²) in [5.41, 5.74) is 3.56. The van der Waals surface area contributed by atoms with E-state index < -0.39 is 5.97 Å². The molecule has 3 heteroatoms. The zero-order chi connectivity index (χ0) is 12.4. The van der Waals surface area contributed by atoms with Crippen LogP contribution in [0.5, 0.6) is 0 Å². The predicted molar refractivity (Wildman–Crippen MR) is 67.1 cm³/mol. The monoisotopic (exact) mass is 233 g/mol. The molecule has 92 valence electrons.